The van der Waals surface area contributed by atoms with Gasteiger partial charge in [0.2, 0.25) is 0 Å². The summed E-state index contributed by atoms with van der Waals surface area (Å²) in [5.74, 6) is 0.765. The molecular weight excluding hydrogens is 224 g/mol. The predicted molar refractivity (Wildman–Crippen MR) is 73.3 cm³/mol. The molecular formula is C14H26N4. The van der Waals surface area contributed by atoms with Gasteiger partial charge < -0.3 is 5.32 Å². The molecule has 0 aliphatic heterocycles. The summed E-state index contributed by atoms with van der Waals surface area (Å²) in [6.45, 7) is 10.3. The Labute approximate surface area is 110 Å². The molecule has 0 bridgehead atoms. The van der Waals surface area contributed by atoms with Gasteiger partial charge in [-0.2, -0.15) is 5.10 Å². The number of hydrogen-bond donors (Lipinski definition) is 1. The van der Waals surface area contributed by atoms with Crippen LogP contribution in [0.5, 0.6) is 0 Å². The van der Waals surface area contributed by atoms with E-state index in [1.54, 1.807) is 6.33 Å². The molecule has 1 aliphatic carbocycles. The van der Waals surface area contributed by atoms with Crippen LogP contribution < -0.4 is 5.32 Å². The lowest BCUT2D eigenvalue weighted by atomic mass is 9.69. The Hall–Kier alpha value is -0.900. The highest BCUT2D eigenvalue weighted by molar-refractivity contribution is 4.91. The average Bonchev–Trinajstić information content (AvgIpc) is 2.82. The largest absolute Gasteiger partial charge is 0.312 e. The summed E-state index contributed by atoms with van der Waals surface area (Å²) in [5, 5.41) is 7.96. The molecule has 0 radical (unpaired) electrons. The quantitative estimate of drug-likeness (QED) is 0.897. The fraction of sp³-hybridized carbons (Fsp3) is 0.857. The Bertz CT molecular complexity index is 352. The lowest BCUT2D eigenvalue weighted by molar-refractivity contribution is 0.112. The monoisotopic (exact) mass is 250 g/mol. The molecule has 1 N–H and O–H groups in total. The van der Waals surface area contributed by atoms with Crippen molar-refractivity contribution in [2.75, 3.05) is 6.54 Å². The van der Waals surface area contributed by atoms with Crippen LogP contribution in [0.2, 0.25) is 0 Å². The van der Waals surface area contributed by atoms with E-state index in [1.165, 1.54) is 19.3 Å². The summed E-state index contributed by atoms with van der Waals surface area (Å²) >= 11 is 0. The van der Waals surface area contributed by atoms with E-state index in [-0.39, 0.29) is 0 Å². The number of hydrogen-bond acceptors (Lipinski definition) is 3. The molecule has 0 amide bonds. The summed E-state index contributed by atoms with van der Waals surface area (Å²) in [6.07, 6.45) is 7.25. The average molecular weight is 250 g/mol. The fourth-order valence-electron chi connectivity index (χ4n) is 3.11. The van der Waals surface area contributed by atoms with Crippen molar-refractivity contribution in [1.82, 2.24) is 20.1 Å². The minimum absolute atomic E-state index is 0.385. The molecule has 0 spiro atoms. The van der Waals surface area contributed by atoms with Crippen molar-refractivity contribution in [2.45, 2.75) is 59.0 Å². The van der Waals surface area contributed by atoms with Gasteiger partial charge in [0.05, 0.1) is 6.04 Å². The third kappa shape index (κ3) is 2.91. The second-order valence-corrected chi connectivity index (χ2v) is 6.48. The molecule has 1 aromatic rings. The first kappa shape index (κ1) is 13.5. The molecule has 1 aliphatic rings. The number of rotatable bonds is 3. The van der Waals surface area contributed by atoms with Crippen molar-refractivity contribution >= 4 is 0 Å². The van der Waals surface area contributed by atoms with Crippen LogP contribution in [0.15, 0.2) is 12.7 Å². The highest BCUT2D eigenvalue weighted by Gasteiger charge is 2.36. The first-order chi connectivity index (χ1) is 8.52. The van der Waals surface area contributed by atoms with Gasteiger partial charge in [-0.25, -0.2) is 9.67 Å². The molecule has 102 valence electrons. The lowest BCUT2D eigenvalue weighted by Gasteiger charge is -2.42. The summed E-state index contributed by atoms with van der Waals surface area (Å²) in [4.78, 5) is 4.10. The molecule has 18 heavy (non-hydrogen) atoms. The van der Waals surface area contributed by atoms with E-state index in [0.717, 1.165) is 12.5 Å². The van der Waals surface area contributed by atoms with Crippen LogP contribution in [-0.4, -0.2) is 27.4 Å². The first-order valence-corrected chi connectivity index (χ1v) is 7.10. The zero-order valence-corrected chi connectivity index (χ0v) is 12.1. The van der Waals surface area contributed by atoms with E-state index >= 15 is 0 Å². The van der Waals surface area contributed by atoms with Crippen molar-refractivity contribution in [2.24, 2.45) is 11.3 Å². The van der Waals surface area contributed by atoms with Crippen molar-refractivity contribution in [1.29, 1.82) is 0 Å². The molecule has 2 rings (SSSR count). The summed E-state index contributed by atoms with van der Waals surface area (Å²) in [7, 11) is 0. The van der Waals surface area contributed by atoms with Gasteiger partial charge in [0.25, 0.3) is 0 Å². The Balaban J connectivity index is 2.14. The molecule has 1 fully saturated rings. The zero-order chi connectivity index (χ0) is 13.2. The second-order valence-electron chi connectivity index (χ2n) is 6.48. The van der Waals surface area contributed by atoms with Gasteiger partial charge in [-0.3, -0.25) is 0 Å². The van der Waals surface area contributed by atoms with E-state index in [2.05, 4.69) is 43.1 Å². The van der Waals surface area contributed by atoms with Gasteiger partial charge in [-0.15, -0.1) is 0 Å². The standard InChI is InChI=1S/C14H26N4/c1-5-16-12-7-6-11(14(2,3)4)8-13(12)18-10-15-9-17-18/h9-13,16H,5-8H2,1-4H3. The van der Waals surface area contributed by atoms with Crippen molar-refractivity contribution in [3.05, 3.63) is 12.7 Å². The Morgan fingerprint density at radius 2 is 2.11 bits per heavy atom. The first-order valence-electron chi connectivity index (χ1n) is 7.10. The van der Waals surface area contributed by atoms with Crippen molar-refractivity contribution in [3.63, 3.8) is 0 Å². The molecule has 0 saturated heterocycles. The Morgan fingerprint density at radius 1 is 1.33 bits per heavy atom. The van der Waals surface area contributed by atoms with Crippen LogP contribution in [0.4, 0.5) is 0 Å². The minimum atomic E-state index is 0.385. The fourth-order valence-corrected chi connectivity index (χ4v) is 3.11. The molecule has 1 heterocycles. The molecule has 0 aromatic carbocycles. The third-order valence-corrected chi connectivity index (χ3v) is 4.28. The van der Waals surface area contributed by atoms with E-state index in [0.29, 0.717) is 17.5 Å². The Kier molecular flexibility index (Phi) is 4.05. The molecule has 3 unspecified atom stereocenters. The smallest absolute Gasteiger partial charge is 0.137 e. The SMILES string of the molecule is CCNC1CCC(C(C)(C)C)CC1n1cncn1. The predicted octanol–water partition coefficient (Wildman–Crippen LogP) is 2.64. The summed E-state index contributed by atoms with van der Waals surface area (Å²) < 4.78 is 2.05. The highest BCUT2D eigenvalue weighted by Crippen LogP contribution is 2.41. The van der Waals surface area contributed by atoms with Crippen LogP contribution in [0.1, 0.15) is 53.0 Å². The molecule has 1 aromatic heterocycles. The topological polar surface area (TPSA) is 42.7 Å². The number of nitrogens with one attached hydrogen (secondary N) is 1. The molecule has 4 heteroatoms. The van der Waals surface area contributed by atoms with Crippen LogP contribution in [0.25, 0.3) is 0 Å². The lowest BCUT2D eigenvalue weighted by Crippen LogP contribution is -2.44. The van der Waals surface area contributed by atoms with Crippen LogP contribution >= 0.6 is 0 Å². The summed E-state index contributed by atoms with van der Waals surface area (Å²) in [6, 6.07) is 0.987. The third-order valence-electron chi connectivity index (χ3n) is 4.28. The second kappa shape index (κ2) is 5.39. The maximum atomic E-state index is 4.35. The van der Waals surface area contributed by atoms with Crippen LogP contribution in [-0.2, 0) is 0 Å². The van der Waals surface area contributed by atoms with Crippen molar-refractivity contribution in [3.8, 4) is 0 Å². The normalized spacial score (nSPS) is 29.4. The van der Waals surface area contributed by atoms with Gasteiger partial charge in [-0.05, 0) is 37.1 Å². The van der Waals surface area contributed by atoms with Crippen LogP contribution in [0.3, 0.4) is 0 Å². The van der Waals surface area contributed by atoms with E-state index < -0.39 is 0 Å². The van der Waals surface area contributed by atoms with Gasteiger partial charge in [0.15, 0.2) is 0 Å². The maximum absolute atomic E-state index is 4.35. The molecule has 4 nitrogen and oxygen atoms in total. The molecule has 3 atom stereocenters. The van der Waals surface area contributed by atoms with E-state index in [1.807, 2.05) is 11.0 Å². The van der Waals surface area contributed by atoms with Crippen molar-refractivity contribution < 1.29 is 0 Å². The van der Waals surface area contributed by atoms with Gasteiger partial charge >= 0.3 is 0 Å². The van der Waals surface area contributed by atoms with E-state index in [4.69, 9.17) is 0 Å². The highest BCUT2D eigenvalue weighted by atomic mass is 15.3. The van der Waals surface area contributed by atoms with Gasteiger partial charge in [0, 0.05) is 6.04 Å². The van der Waals surface area contributed by atoms with E-state index in [9.17, 15) is 0 Å². The van der Waals surface area contributed by atoms with Gasteiger partial charge in [-0.1, -0.05) is 27.7 Å². The number of aromatic nitrogens is 3. The maximum Gasteiger partial charge on any atom is 0.137 e. The number of nitrogens with zero attached hydrogens (tertiary/aromatic N) is 3. The Morgan fingerprint density at radius 3 is 2.67 bits per heavy atom. The minimum Gasteiger partial charge on any atom is -0.312 e. The molecule has 1 saturated carbocycles. The summed E-state index contributed by atoms with van der Waals surface area (Å²) in [5.41, 5.74) is 0.385. The van der Waals surface area contributed by atoms with Gasteiger partial charge in [0.1, 0.15) is 12.7 Å². The zero-order valence-electron chi connectivity index (χ0n) is 12.1. The van der Waals surface area contributed by atoms with Crippen LogP contribution in [0, 0.1) is 11.3 Å². The number of likely N-dealkylation sites (N-methyl/N-ethyl adjacent to an activating group) is 1.